The molecule has 0 amide bonds. The lowest BCUT2D eigenvalue weighted by Gasteiger charge is -2.21. The van der Waals surface area contributed by atoms with Crippen LogP contribution in [0.25, 0.3) is 0 Å². The summed E-state index contributed by atoms with van der Waals surface area (Å²) < 4.78 is 68.2. The largest absolute Gasteiger partial charge is 0.472 e. The average Bonchev–Trinajstić information content (AvgIpc) is 3.72. The number of rotatable bonds is 67. The number of unbranched alkanes of at least 4 members (excludes halogenated alkanes) is 30. The van der Waals surface area contributed by atoms with Crippen molar-refractivity contribution >= 4 is 39.5 Å². The molecule has 0 heterocycles. The van der Waals surface area contributed by atoms with E-state index in [1.165, 1.54) is 135 Å². The quantitative estimate of drug-likeness (QED) is 0.0222. The maximum atomic E-state index is 13.0. The first-order valence-corrected chi connectivity index (χ1v) is 39.3. The SMILES string of the molecule is CCC(C)CCCCCCCCCCCCCCCCC(=O)O[C@H](COC(=O)CCCCCCCCC(C)CC)COP(=O)(O)OC[C@H](O)COP(=O)(O)OC[C@@H](COC(=O)CCCCCCCCC(C)CC)OC(=O)CCCCCCCCCCC(C)C. The van der Waals surface area contributed by atoms with Gasteiger partial charge in [-0.2, -0.15) is 0 Å². The van der Waals surface area contributed by atoms with Crippen molar-refractivity contribution in [1.29, 1.82) is 0 Å². The standard InChI is InChI=1S/C70H136O17P2/c1-9-61(6)47-39-31-23-18-16-14-12-13-15-17-19-24-36-44-52-69(74)86-65(56-80-67(72)50-42-34-28-26-32-40-48-62(7)10-2)58-84-88(76,77)82-54-64(71)55-83-89(78,79)85-59-66(57-81-68(73)51-43-35-29-27-33-41-49-63(8)11-3)87-70(75)53-45-37-25-21-20-22-30-38-46-60(4)5/h60-66,71H,9-59H2,1-8H3,(H,76,77)(H,78,79)/t61?,62?,63?,64-,65+,66+/m0/s1. The molecule has 8 atom stereocenters. The van der Waals surface area contributed by atoms with Gasteiger partial charge in [0.2, 0.25) is 0 Å². The van der Waals surface area contributed by atoms with E-state index in [2.05, 4.69) is 55.4 Å². The van der Waals surface area contributed by atoms with Crippen LogP contribution in [0.15, 0.2) is 0 Å². The summed E-state index contributed by atoms with van der Waals surface area (Å²) in [7, 11) is -9.90. The number of ether oxygens (including phenoxy) is 4. The second kappa shape index (κ2) is 59.8. The molecule has 0 aromatic heterocycles. The van der Waals surface area contributed by atoms with Gasteiger partial charge in [0.25, 0.3) is 0 Å². The van der Waals surface area contributed by atoms with Crippen LogP contribution in [0.2, 0.25) is 0 Å². The van der Waals surface area contributed by atoms with Gasteiger partial charge in [-0.15, -0.1) is 0 Å². The Morgan fingerprint density at radius 1 is 0.315 bits per heavy atom. The second-order valence-corrected chi connectivity index (χ2v) is 29.4. The summed E-state index contributed by atoms with van der Waals surface area (Å²) in [5.41, 5.74) is 0. The molecule has 0 aromatic carbocycles. The van der Waals surface area contributed by atoms with E-state index < -0.39 is 97.5 Å². The number of carbonyl (C=O) groups is 4. The molecule has 17 nitrogen and oxygen atoms in total. The van der Waals surface area contributed by atoms with Gasteiger partial charge in [-0.05, 0) is 49.4 Å². The zero-order valence-electron chi connectivity index (χ0n) is 58.1. The fourth-order valence-corrected chi connectivity index (χ4v) is 12.0. The van der Waals surface area contributed by atoms with Crippen LogP contribution in [0.4, 0.5) is 0 Å². The molecule has 0 saturated heterocycles. The first kappa shape index (κ1) is 87.1. The molecule has 0 aliphatic carbocycles. The van der Waals surface area contributed by atoms with Gasteiger partial charge in [0, 0.05) is 25.7 Å². The lowest BCUT2D eigenvalue weighted by Crippen LogP contribution is -2.30. The number of phosphoric ester groups is 2. The number of aliphatic hydroxyl groups excluding tert-OH is 1. The Hall–Kier alpha value is -1.94. The molecule has 0 aliphatic rings. The van der Waals surface area contributed by atoms with E-state index in [0.717, 1.165) is 126 Å². The van der Waals surface area contributed by atoms with Gasteiger partial charge in [0.15, 0.2) is 12.2 Å². The Labute approximate surface area is 543 Å². The third-order valence-electron chi connectivity index (χ3n) is 17.2. The molecule has 3 N–H and O–H groups in total. The highest BCUT2D eigenvalue weighted by Crippen LogP contribution is 2.45. The number of hydrogen-bond acceptors (Lipinski definition) is 15. The minimum atomic E-state index is -4.95. The molecule has 19 heteroatoms. The maximum absolute atomic E-state index is 13.0. The van der Waals surface area contributed by atoms with Crippen LogP contribution in [-0.4, -0.2) is 96.7 Å². The Balaban J connectivity index is 5.23. The molecule has 0 saturated carbocycles. The van der Waals surface area contributed by atoms with Gasteiger partial charge in [-0.3, -0.25) is 37.3 Å². The average molecular weight is 1310 g/mol. The highest BCUT2D eigenvalue weighted by Gasteiger charge is 2.30. The van der Waals surface area contributed by atoms with Gasteiger partial charge in [0.05, 0.1) is 26.4 Å². The van der Waals surface area contributed by atoms with E-state index in [0.29, 0.717) is 25.7 Å². The molecule has 5 unspecified atom stereocenters. The van der Waals surface area contributed by atoms with Gasteiger partial charge < -0.3 is 33.8 Å². The third kappa shape index (κ3) is 60.7. The van der Waals surface area contributed by atoms with Crippen molar-refractivity contribution in [1.82, 2.24) is 0 Å². The van der Waals surface area contributed by atoms with Crippen LogP contribution in [0.1, 0.15) is 344 Å². The molecule has 0 spiro atoms. The summed E-state index contributed by atoms with van der Waals surface area (Å²) in [5.74, 6) is 0.893. The number of hydrogen-bond donors (Lipinski definition) is 3. The summed E-state index contributed by atoms with van der Waals surface area (Å²) in [4.78, 5) is 72.5. The van der Waals surface area contributed by atoms with Gasteiger partial charge in [-0.1, -0.05) is 293 Å². The van der Waals surface area contributed by atoms with Crippen LogP contribution in [-0.2, 0) is 65.4 Å². The Bertz CT molecular complexity index is 1770. The lowest BCUT2D eigenvalue weighted by molar-refractivity contribution is -0.161. The molecule has 89 heavy (non-hydrogen) atoms. The van der Waals surface area contributed by atoms with Crippen molar-refractivity contribution < 1.29 is 80.2 Å². The monoisotopic (exact) mass is 1310 g/mol. The summed E-state index contributed by atoms with van der Waals surface area (Å²) >= 11 is 0. The van der Waals surface area contributed by atoms with Crippen molar-refractivity contribution in [2.45, 2.75) is 363 Å². The second-order valence-electron chi connectivity index (χ2n) is 26.5. The summed E-state index contributed by atoms with van der Waals surface area (Å²) in [6.07, 6.45) is 41.8. The van der Waals surface area contributed by atoms with Gasteiger partial charge >= 0.3 is 39.5 Å². The molecule has 0 rings (SSSR count). The fraction of sp³-hybridized carbons (Fsp3) is 0.943. The van der Waals surface area contributed by atoms with Crippen molar-refractivity contribution in [3.05, 3.63) is 0 Å². The number of carbonyl (C=O) groups excluding carboxylic acids is 4. The molecular formula is C70H136O17P2. The molecular weight excluding hydrogens is 1170 g/mol. The molecule has 0 aromatic rings. The van der Waals surface area contributed by atoms with E-state index >= 15 is 0 Å². The highest BCUT2D eigenvalue weighted by atomic mass is 31.2. The Morgan fingerprint density at radius 2 is 0.539 bits per heavy atom. The van der Waals surface area contributed by atoms with E-state index in [9.17, 15) is 43.2 Å². The third-order valence-corrected chi connectivity index (χ3v) is 19.1. The predicted octanol–water partition coefficient (Wildman–Crippen LogP) is 19.7. The van der Waals surface area contributed by atoms with Crippen LogP contribution in [0, 0.1) is 23.7 Å². The van der Waals surface area contributed by atoms with Crippen molar-refractivity contribution in [3.8, 4) is 0 Å². The molecule has 0 fully saturated rings. The van der Waals surface area contributed by atoms with Crippen molar-refractivity contribution in [2.75, 3.05) is 39.6 Å². The first-order valence-electron chi connectivity index (χ1n) is 36.3. The molecule has 0 aliphatic heterocycles. The zero-order chi connectivity index (χ0) is 66.1. The van der Waals surface area contributed by atoms with Crippen molar-refractivity contribution in [2.24, 2.45) is 23.7 Å². The number of phosphoric acid groups is 2. The van der Waals surface area contributed by atoms with Crippen LogP contribution in [0.3, 0.4) is 0 Å². The van der Waals surface area contributed by atoms with Crippen LogP contribution >= 0.6 is 15.6 Å². The lowest BCUT2D eigenvalue weighted by atomic mass is 9.99. The topological polar surface area (TPSA) is 237 Å². The smallest absolute Gasteiger partial charge is 0.462 e. The maximum Gasteiger partial charge on any atom is 0.472 e. The van der Waals surface area contributed by atoms with Gasteiger partial charge in [-0.25, -0.2) is 9.13 Å². The van der Waals surface area contributed by atoms with E-state index in [-0.39, 0.29) is 25.7 Å². The molecule has 0 bridgehead atoms. The van der Waals surface area contributed by atoms with Crippen LogP contribution < -0.4 is 0 Å². The minimum Gasteiger partial charge on any atom is -0.462 e. The first-order chi connectivity index (χ1) is 42.7. The fourth-order valence-electron chi connectivity index (χ4n) is 10.4. The van der Waals surface area contributed by atoms with Crippen LogP contribution in [0.5, 0.6) is 0 Å². The van der Waals surface area contributed by atoms with E-state index in [4.69, 9.17) is 37.0 Å². The molecule has 528 valence electrons. The Morgan fingerprint density at radius 3 is 0.798 bits per heavy atom. The normalized spacial score (nSPS) is 15.2. The number of aliphatic hydroxyl groups is 1. The summed E-state index contributed by atoms with van der Waals surface area (Å²) in [6.45, 7) is 14.1. The molecule has 0 radical (unpaired) electrons. The van der Waals surface area contributed by atoms with Crippen molar-refractivity contribution in [3.63, 3.8) is 0 Å². The predicted molar refractivity (Wildman–Crippen MR) is 358 cm³/mol. The van der Waals surface area contributed by atoms with E-state index in [1.807, 2.05) is 0 Å². The zero-order valence-corrected chi connectivity index (χ0v) is 59.8. The number of esters is 4. The van der Waals surface area contributed by atoms with E-state index in [1.54, 1.807) is 0 Å². The van der Waals surface area contributed by atoms with Gasteiger partial charge in [0.1, 0.15) is 19.3 Å². The summed E-state index contributed by atoms with van der Waals surface area (Å²) in [5, 5.41) is 10.6. The Kier molecular flexibility index (Phi) is 58.5. The summed E-state index contributed by atoms with van der Waals surface area (Å²) in [6, 6.07) is 0. The minimum absolute atomic E-state index is 0.103. The highest BCUT2D eigenvalue weighted by molar-refractivity contribution is 7.47.